The number of hydrogen-bond acceptors (Lipinski definition) is 5. The summed E-state index contributed by atoms with van der Waals surface area (Å²) in [7, 11) is 0. The van der Waals surface area contributed by atoms with Crippen molar-refractivity contribution < 1.29 is 9.53 Å². The molecule has 1 unspecified atom stereocenters. The Morgan fingerprint density at radius 2 is 2.53 bits per heavy atom. The number of hydrogen-bond donors (Lipinski definition) is 0. The molecular formula is C10H14N2O2S. The highest BCUT2D eigenvalue weighted by Crippen LogP contribution is 2.22. The van der Waals surface area contributed by atoms with Crippen LogP contribution < -0.4 is 0 Å². The van der Waals surface area contributed by atoms with E-state index in [1.807, 2.05) is 0 Å². The molecule has 0 N–H and O–H groups in total. The largest absolute Gasteiger partial charge is 0.381 e. The Kier molecular flexibility index (Phi) is 3.43. The van der Waals surface area contributed by atoms with E-state index in [2.05, 4.69) is 16.5 Å². The lowest BCUT2D eigenvalue weighted by Gasteiger charge is -2.04. The Morgan fingerprint density at radius 1 is 1.67 bits per heavy atom. The molecule has 1 fully saturated rings. The molecule has 0 aromatic carbocycles. The number of ether oxygens (including phenoxy) is 1. The van der Waals surface area contributed by atoms with E-state index in [4.69, 9.17) is 4.74 Å². The minimum absolute atomic E-state index is 0.0304. The highest BCUT2D eigenvalue weighted by Gasteiger charge is 2.28. The molecule has 82 valence electrons. The quantitative estimate of drug-likeness (QED) is 0.733. The van der Waals surface area contributed by atoms with Crippen LogP contribution in [0, 0.1) is 5.92 Å². The van der Waals surface area contributed by atoms with Crippen molar-refractivity contribution in [2.24, 2.45) is 5.92 Å². The maximum atomic E-state index is 12.1. The molecule has 0 amide bonds. The molecule has 15 heavy (non-hydrogen) atoms. The fourth-order valence-corrected chi connectivity index (χ4v) is 2.45. The summed E-state index contributed by atoms with van der Waals surface area (Å²) in [4.78, 5) is 12.8. The van der Waals surface area contributed by atoms with Crippen molar-refractivity contribution in [1.82, 2.24) is 9.59 Å². The molecule has 1 atom stereocenters. The lowest BCUT2D eigenvalue weighted by Crippen LogP contribution is -2.15. The van der Waals surface area contributed by atoms with Crippen LogP contribution in [0.2, 0.25) is 0 Å². The Balaban J connectivity index is 2.13. The predicted octanol–water partition coefficient (Wildman–Crippen LogP) is 1.71. The zero-order valence-electron chi connectivity index (χ0n) is 8.73. The second kappa shape index (κ2) is 4.81. The van der Waals surface area contributed by atoms with Gasteiger partial charge in [-0.3, -0.25) is 4.79 Å². The number of rotatable bonds is 4. The number of aryl methyl sites for hydroxylation is 1. The van der Waals surface area contributed by atoms with Gasteiger partial charge in [0.25, 0.3) is 0 Å². The zero-order valence-corrected chi connectivity index (χ0v) is 9.55. The average Bonchev–Trinajstić information content (AvgIpc) is 2.87. The van der Waals surface area contributed by atoms with Crippen LogP contribution in [0.3, 0.4) is 0 Å². The summed E-state index contributed by atoms with van der Waals surface area (Å²) in [5.41, 5.74) is 0.861. The van der Waals surface area contributed by atoms with E-state index in [0.29, 0.717) is 13.2 Å². The van der Waals surface area contributed by atoms with E-state index in [9.17, 15) is 4.79 Å². The number of carbonyl (C=O) groups is 1. The van der Waals surface area contributed by atoms with Crippen LogP contribution in [0.15, 0.2) is 0 Å². The fraction of sp³-hybridized carbons (Fsp3) is 0.700. The summed E-state index contributed by atoms with van der Waals surface area (Å²) in [6.07, 6.45) is 2.67. The molecule has 2 heterocycles. The van der Waals surface area contributed by atoms with E-state index in [1.165, 1.54) is 11.5 Å². The van der Waals surface area contributed by atoms with Crippen LogP contribution >= 0.6 is 11.5 Å². The van der Waals surface area contributed by atoms with Gasteiger partial charge >= 0.3 is 0 Å². The number of carbonyl (C=O) groups excluding carboxylic acids is 1. The van der Waals surface area contributed by atoms with E-state index in [-0.39, 0.29) is 11.7 Å². The van der Waals surface area contributed by atoms with Crippen molar-refractivity contribution in [3.63, 3.8) is 0 Å². The van der Waals surface area contributed by atoms with Gasteiger partial charge in [-0.25, -0.2) is 0 Å². The molecule has 0 radical (unpaired) electrons. The zero-order chi connectivity index (χ0) is 10.7. The molecule has 1 saturated heterocycles. The first-order valence-corrected chi connectivity index (χ1v) is 6.03. The molecule has 5 heteroatoms. The first-order valence-electron chi connectivity index (χ1n) is 5.26. The van der Waals surface area contributed by atoms with E-state index in [1.54, 1.807) is 0 Å². The minimum Gasteiger partial charge on any atom is -0.381 e. The minimum atomic E-state index is 0.0304. The van der Waals surface area contributed by atoms with Crippen molar-refractivity contribution in [1.29, 1.82) is 0 Å². The van der Waals surface area contributed by atoms with Gasteiger partial charge in [-0.15, -0.1) is 5.10 Å². The topological polar surface area (TPSA) is 52.1 Å². The number of Topliss-reactive ketones (excluding diaryl/α,β-unsaturated/α-hetero) is 1. The molecule has 2 rings (SSSR count). The molecule has 0 aliphatic carbocycles. The van der Waals surface area contributed by atoms with Gasteiger partial charge in [0.1, 0.15) is 4.88 Å². The van der Waals surface area contributed by atoms with Crippen molar-refractivity contribution in [3.8, 4) is 0 Å². The number of ketones is 1. The third-order valence-electron chi connectivity index (χ3n) is 2.57. The van der Waals surface area contributed by atoms with Gasteiger partial charge in [0.15, 0.2) is 5.78 Å². The van der Waals surface area contributed by atoms with Gasteiger partial charge in [-0.05, 0) is 24.4 Å². The highest BCUT2D eigenvalue weighted by atomic mass is 32.1. The summed E-state index contributed by atoms with van der Waals surface area (Å²) in [5.74, 6) is 0.203. The van der Waals surface area contributed by atoms with Gasteiger partial charge in [0.05, 0.1) is 12.3 Å². The highest BCUT2D eigenvalue weighted by molar-refractivity contribution is 7.08. The van der Waals surface area contributed by atoms with Gasteiger partial charge < -0.3 is 4.74 Å². The second-order valence-corrected chi connectivity index (χ2v) is 4.48. The van der Waals surface area contributed by atoms with E-state index in [0.717, 1.165) is 29.8 Å². The van der Waals surface area contributed by atoms with E-state index >= 15 is 0 Å². The summed E-state index contributed by atoms with van der Waals surface area (Å²) in [6, 6.07) is 0. The molecule has 0 bridgehead atoms. The fourth-order valence-electron chi connectivity index (χ4n) is 1.72. The third-order valence-corrected chi connectivity index (χ3v) is 3.35. The number of aromatic nitrogens is 2. The number of nitrogens with zero attached hydrogens (tertiary/aromatic N) is 2. The lowest BCUT2D eigenvalue weighted by molar-refractivity contribution is 0.0903. The summed E-state index contributed by atoms with van der Waals surface area (Å²) < 4.78 is 9.08. The summed E-state index contributed by atoms with van der Waals surface area (Å²) in [5, 5.41) is 4.01. The molecule has 1 aromatic rings. The van der Waals surface area contributed by atoms with Gasteiger partial charge in [-0.2, -0.15) is 0 Å². The van der Waals surface area contributed by atoms with Crippen LogP contribution in [-0.2, 0) is 11.2 Å². The van der Waals surface area contributed by atoms with Gasteiger partial charge in [-0.1, -0.05) is 17.8 Å². The first-order chi connectivity index (χ1) is 7.33. The molecular weight excluding hydrogens is 212 g/mol. The predicted molar refractivity (Wildman–Crippen MR) is 57.2 cm³/mol. The van der Waals surface area contributed by atoms with Gasteiger partial charge in [0, 0.05) is 12.5 Å². The first kappa shape index (κ1) is 10.7. The normalized spacial score (nSPS) is 20.7. The lowest BCUT2D eigenvalue weighted by atomic mass is 10.0. The van der Waals surface area contributed by atoms with Crippen molar-refractivity contribution in [2.45, 2.75) is 26.2 Å². The molecule has 1 aliphatic heterocycles. The molecule has 1 aromatic heterocycles. The van der Waals surface area contributed by atoms with E-state index < -0.39 is 0 Å². The average molecular weight is 226 g/mol. The molecule has 1 aliphatic rings. The van der Waals surface area contributed by atoms with Crippen LogP contribution in [0.4, 0.5) is 0 Å². The third kappa shape index (κ3) is 2.23. The van der Waals surface area contributed by atoms with Crippen molar-refractivity contribution in [2.75, 3.05) is 13.2 Å². The van der Waals surface area contributed by atoms with Gasteiger partial charge in [0.2, 0.25) is 0 Å². The van der Waals surface area contributed by atoms with Crippen LogP contribution in [0.25, 0.3) is 0 Å². The second-order valence-electron chi connectivity index (χ2n) is 3.72. The molecule has 0 spiro atoms. The smallest absolute Gasteiger partial charge is 0.181 e. The Bertz CT molecular complexity index is 345. The Hall–Kier alpha value is -0.810. The monoisotopic (exact) mass is 226 g/mol. The maximum absolute atomic E-state index is 12.1. The SMILES string of the molecule is CCCc1nnsc1C(=O)C1CCOC1. The summed E-state index contributed by atoms with van der Waals surface area (Å²) >= 11 is 1.22. The van der Waals surface area contributed by atoms with Crippen molar-refractivity contribution in [3.05, 3.63) is 10.6 Å². The molecule has 0 saturated carbocycles. The summed E-state index contributed by atoms with van der Waals surface area (Å²) in [6.45, 7) is 3.33. The Labute approximate surface area is 92.8 Å². The van der Waals surface area contributed by atoms with Crippen molar-refractivity contribution >= 4 is 17.3 Å². The maximum Gasteiger partial charge on any atom is 0.181 e. The standard InChI is InChI=1S/C10H14N2O2S/c1-2-3-8-10(15-12-11-8)9(13)7-4-5-14-6-7/h7H,2-6H2,1H3. The molecule has 4 nitrogen and oxygen atoms in total. The van der Waals surface area contributed by atoms with Crippen LogP contribution in [0.1, 0.15) is 35.1 Å². The van der Waals surface area contributed by atoms with Crippen LogP contribution in [-0.4, -0.2) is 28.6 Å². The Morgan fingerprint density at radius 3 is 3.20 bits per heavy atom. The van der Waals surface area contributed by atoms with Crippen LogP contribution in [0.5, 0.6) is 0 Å².